The Labute approximate surface area is 162 Å². The van der Waals surface area contributed by atoms with E-state index in [1.807, 2.05) is 18.2 Å². The third-order valence-corrected chi connectivity index (χ3v) is 5.96. The average Bonchev–Trinajstić information content (AvgIpc) is 2.56. The number of alkyl halides is 1. The number of benzene rings is 2. The molecule has 1 aliphatic heterocycles. The zero-order valence-corrected chi connectivity index (χ0v) is 16.9. The monoisotopic (exact) mass is 426 g/mol. The van der Waals surface area contributed by atoms with E-state index in [1.54, 1.807) is 0 Å². The minimum absolute atomic E-state index is 0.223. The van der Waals surface area contributed by atoms with E-state index in [0.29, 0.717) is 6.04 Å². The lowest BCUT2D eigenvalue weighted by Crippen LogP contribution is -2.54. The molecule has 0 spiro atoms. The summed E-state index contributed by atoms with van der Waals surface area (Å²) in [5.41, 5.74) is 3.53. The molecule has 24 heavy (non-hydrogen) atoms. The van der Waals surface area contributed by atoms with Gasteiger partial charge in [-0.2, -0.15) is 0 Å². The van der Waals surface area contributed by atoms with Gasteiger partial charge in [0.05, 0.1) is 16.8 Å². The summed E-state index contributed by atoms with van der Waals surface area (Å²) in [5, 5.41) is 2.47. The number of nitrogens with zero attached hydrogens (tertiary/aromatic N) is 2. The fourth-order valence-corrected chi connectivity index (χ4v) is 4.72. The highest BCUT2D eigenvalue weighted by Gasteiger charge is 2.36. The Bertz CT molecular complexity index is 705. The van der Waals surface area contributed by atoms with Crippen LogP contribution in [0.5, 0.6) is 0 Å². The molecule has 1 aliphatic rings. The molecule has 0 saturated carbocycles. The molecule has 0 N–H and O–H groups in total. The molecule has 2 aromatic carbocycles. The highest BCUT2D eigenvalue weighted by atomic mass is 79.9. The van der Waals surface area contributed by atoms with Gasteiger partial charge in [-0.1, -0.05) is 57.3 Å². The minimum atomic E-state index is 0.223. The van der Waals surface area contributed by atoms with Crippen molar-refractivity contribution in [1.29, 1.82) is 0 Å². The van der Waals surface area contributed by atoms with Crippen molar-refractivity contribution in [2.24, 2.45) is 0 Å². The number of aryl methyl sites for hydroxylation is 1. The van der Waals surface area contributed by atoms with E-state index in [1.165, 1.54) is 11.1 Å². The Hall–Kier alpha value is -0.740. The van der Waals surface area contributed by atoms with Gasteiger partial charge in [0.15, 0.2) is 0 Å². The van der Waals surface area contributed by atoms with E-state index in [-0.39, 0.29) is 6.04 Å². The summed E-state index contributed by atoms with van der Waals surface area (Å²) in [7, 11) is 2.18. The van der Waals surface area contributed by atoms with Gasteiger partial charge in [0.1, 0.15) is 0 Å². The maximum Gasteiger partial charge on any atom is 0.0706 e. The summed E-state index contributed by atoms with van der Waals surface area (Å²) in [6.45, 7) is 4.01. The first-order chi connectivity index (χ1) is 11.5. The van der Waals surface area contributed by atoms with E-state index in [4.69, 9.17) is 23.2 Å². The summed E-state index contributed by atoms with van der Waals surface area (Å²) in [5.74, 6) is 0. The van der Waals surface area contributed by atoms with Gasteiger partial charge in [0.2, 0.25) is 0 Å². The second-order valence-electron chi connectivity index (χ2n) is 6.35. The number of halogens is 3. The molecule has 1 saturated heterocycles. The second kappa shape index (κ2) is 7.65. The Balaban J connectivity index is 2.06. The average molecular weight is 428 g/mol. The van der Waals surface area contributed by atoms with Crippen LogP contribution in [-0.4, -0.2) is 36.4 Å². The fraction of sp³-hybridized carbons (Fsp3) is 0.368. The molecule has 0 aromatic heterocycles. The van der Waals surface area contributed by atoms with Gasteiger partial charge in [0.25, 0.3) is 0 Å². The fourth-order valence-electron chi connectivity index (χ4n) is 3.40. The van der Waals surface area contributed by atoms with Crippen molar-refractivity contribution in [3.63, 3.8) is 0 Å². The molecule has 2 aromatic rings. The van der Waals surface area contributed by atoms with Crippen molar-refractivity contribution in [2.75, 3.05) is 30.4 Å². The Morgan fingerprint density at radius 1 is 1.08 bits per heavy atom. The maximum atomic E-state index is 6.58. The maximum absolute atomic E-state index is 6.58. The number of anilines is 1. The first-order valence-corrected chi connectivity index (χ1v) is 9.93. The lowest BCUT2D eigenvalue weighted by molar-refractivity contribution is 0.194. The van der Waals surface area contributed by atoms with Crippen molar-refractivity contribution in [3.8, 4) is 0 Å². The highest BCUT2D eigenvalue weighted by molar-refractivity contribution is 9.09. The number of hydrogen-bond donors (Lipinski definition) is 0. The summed E-state index contributed by atoms with van der Waals surface area (Å²) in [6, 6.07) is 15.1. The van der Waals surface area contributed by atoms with Crippen molar-refractivity contribution in [2.45, 2.75) is 19.0 Å². The van der Waals surface area contributed by atoms with Crippen LogP contribution in [0.2, 0.25) is 10.0 Å². The van der Waals surface area contributed by atoms with Crippen LogP contribution < -0.4 is 4.90 Å². The molecule has 0 unspecified atom stereocenters. The second-order valence-corrected chi connectivity index (χ2v) is 7.84. The molecule has 1 fully saturated rings. The number of rotatable bonds is 3. The van der Waals surface area contributed by atoms with Crippen LogP contribution in [0.4, 0.5) is 5.69 Å². The molecule has 2 atom stereocenters. The number of hydrogen-bond acceptors (Lipinski definition) is 2. The normalized spacial score (nSPS) is 22.0. The Morgan fingerprint density at radius 3 is 2.42 bits per heavy atom. The standard InChI is InChI=1S/C19H21BrCl2N2/c1-13-3-8-17(16(22)11-13)24-10-9-23(2)18(12-20)19(24)14-4-6-15(21)7-5-14/h3-8,11,18-19H,9-10,12H2,1-2H3/t18-,19+/m1/s1. The number of piperazine rings is 1. The molecule has 5 heteroatoms. The topological polar surface area (TPSA) is 6.48 Å². The first kappa shape index (κ1) is 18.1. The highest BCUT2D eigenvalue weighted by Crippen LogP contribution is 2.39. The predicted molar refractivity (Wildman–Crippen MR) is 108 cm³/mol. The quantitative estimate of drug-likeness (QED) is 0.591. The van der Waals surface area contributed by atoms with Crippen LogP contribution in [0, 0.1) is 6.92 Å². The third kappa shape index (κ3) is 3.60. The van der Waals surface area contributed by atoms with Gasteiger partial charge < -0.3 is 4.90 Å². The first-order valence-electron chi connectivity index (χ1n) is 8.05. The smallest absolute Gasteiger partial charge is 0.0706 e. The van der Waals surface area contributed by atoms with Gasteiger partial charge in [-0.3, -0.25) is 4.90 Å². The number of likely N-dealkylation sites (N-methyl/N-ethyl adjacent to an activating group) is 1. The van der Waals surface area contributed by atoms with Crippen LogP contribution in [-0.2, 0) is 0 Å². The van der Waals surface area contributed by atoms with Crippen LogP contribution >= 0.6 is 39.1 Å². The molecule has 0 bridgehead atoms. The lowest BCUT2D eigenvalue weighted by Gasteiger charge is -2.47. The summed E-state index contributed by atoms with van der Waals surface area (Å²) >= 11 is 16.4. The van der Waals surface area contributed by atoms with E-state index in [2.05, 4.69) is 64.0 Å². The van der Waals surface area contributed by atoms with E-state index in [0.717, 1.165) is 34.2 Å². The molecule has 0 radical (unpaired) electrons. The molecule has 1 heterocycles. The van der Waals surface area contributed by atoms with Crippen LogP contribution in [0.15, 0.2) is 42.5 Å². The molecule has 0 amide bonds. The van der Waals surface area contributed by atoms with Gasteiger partial charge in [-0.25, -0.2) is 0 Å². The SMILES string of the molecule is Cc1ccc(N2CCN(C)[C@H](CBr)[C@@H]2c2ccc(Cl)cc2)c(Cl)c1. The zero-order chi connectivity index (χ0) is 17.3. The Morgan fingerprint density at radius 2 is 1.79 bits per heavy atom. The molecule has 2 nitrogen and oxygen atoms in total. The largest absolute Gasteiger partial charge is 0.360 e. The van der Waals surface area contributed by atoms with Crippen LogP contribution in [0.1, 0.15) is 17.2 Å². The lowest BCUT2D eigenvalue weighted by atomic mass is 9.94. The van der Waals surface area contributed by atoms with Crippen molar-refractivity contribution in [3.05, 3.63) is 63.6 Å². The molecule has 0 aliphatic carbocycles. The van der Waals surface area contributed by atoms with E-state index in [9.17, 15) is 0 Å². The van der Waals surface area contributed by atoms with Gasteiger partial charge >= 0.3 is 0 Å². The zero-order valence-electron chi connectivity index (χ0n) is 13.8. The van der Waals surface area contributed by atoms with Gasteiger partial charge in [-0.15, -0.1) is 0 Å². The third-order valence-electron chi connectivity index (χ3n) is 4.74. The van der Waals surface area contributed by atoms with Crippen LogP contribution in [0.25, 0.3) is 0 Å². The van der Waals surface area contributed by atoms with Crippen LogP contribution in [0.3, 0.4) is 0 Å². The molecular weight excluding hydrogens is 407 g/mol. The van der Waals surface area contributed by atoms with Crippen molar-refractivity contribution < 1.29 is 0 Å². The predicted octanol–water partition coefficient (Wildman–Crippen LogP) is 5.56. The van der Waals surface area contributed by atoms with E-state index >= 15 is 0 Å². The van der Waals surface area contributed by atoms with Gasteiger partial charge in [0, 0.05) is 29.5 Å². The summed E-state index contributed by atoms with van der Waals surface area (Å²) < 4.78 is 0. The summed E-state index contributed by atoms with van der Waals surface area (Å²) in [4.78, 5) is 4.84. The Kier molecular flexibility index (Phi) is 5.76. The van der Waals surface area contributed by atoms with Gasteiger partial charge in [-0.05, 0) is 49.4 Å². The van der Waals surface area contributed by atoms with Crippen molar-refractivity contribution >= 4 is 44.8 Å². The van der Waals surface area contributed by atoms with E-state index < -0.39 is 0 Å². The van der Waals surface area contributed by atoms with Crippen molar-refractivity contribution in [1.82, 2.24) is 4.90 Å². The minimum Gasteiger partial charge on any atom is -0.360 e. The summed E-state index contributed by atoms with van der Waals surface area (Å²) in [6.07, 6.45) is 0. The molecule has 128 valence electrons. The molecular formula is C19H21BrCl2N2. The molecule has 3 rings (SSSR count).